The highest BCUT2D eigenvalue weighted by Gasteiger charge is 2.01. The van der Waals surface area contributed by atoms with Crippen molar-refractivity contribution in [2.24, 2.45) is 5.73 Å². The second-order valence-corrected chi connectivity index (χ2v) is 4.26. The minimum Gasteiger partial charge on any atom is -0.489 e. The minimum absolute atomic E-state index is 0.00969. The van der Waals surface area contributed by atoms with Gasteiger partial charge in [0.05, 0.1) is 13.2 Å². The van der Waals surface area contributed by atoms with Gasteiger partial charge >= 0.3 is 0 Å². The third-order valence-electron chi connectivity index (χ3n) is 2.82. The summed E-state index contributed by atoms with van der Waals surface area (Å²) >= 11 is 0. The Bertz CT molecular complexity index is 626. The van der Waals surface area contributed by atoms with Crippen LogP contribution in [0.1, 0.15) is 16.7 Å². The number of nitrogens with two attached hydrogens (primary N) is 1. The highest BCUT2D eigenvalue weighted by molar-refractivity contribution is 5.41. The number of benzene rings is 2. The molecule has 0 fully saturated rings. The average molecular weight is 267 g/mol. The van der Waals surface area contributed by atoms with Crippen molar-refractivity contribution in [2.75, 3.05) is 6.54 Å². The Morgan fingerprint density at radius 3 is 2.75 bits per heavy atom. The summed E-state index contributed by atoms with van der Waals surface area (Å²) in [4.78, 5) is 0. The third-order valence-corrected chi connectivity index (χ3v) is 2.82. The summed E-state index contributed by atoms with van der Waals surface area (Å²) in [5.41, 5.74) is 8.17. The topological polar surface area (TPSA) is 55.5 Å². The standard InChI is InChI=1S/C17H17NO2/c18-10-4-8-15-6-1-2-7-16(15)13-20-17-9-3-5-14(11-17)12-19/h1-3,5-7,9,11,19H,10,12-13,18H2. The molecule has 3 nitrogen and oxygen atoms in total. The van der Waals surface area contributed by atoms with Crippen LogP contribution in [0.4, 0.5) is 0 Å². The Labute approximate surface area is 119 Å². The van der Waals surface area contributed by atoms with Crippen molar-refractivity contribution in [3.8, 4) is 17.6 Å². The maximum Gasteiger partial charge on any atom is 0.120 e. The molecule has 0 bridgehead atoms. The normalized spacial score (nSPS) is 9.70. The molecular formula is C17H17NO2. The van der Waals surface area contributed by atoms with Gasteiger partial charge in [0, 0.05) is 11.1 Å². The fraction of sp³-hybridized carbons (Fsp3) is 0.176. The highest BCUT2D eigenvalue weighted by Crippen LogP contribution is 2.16. The molecule has 0 aliphatic rings. The first kappa shape index (κ1) is 14.1. The molecule has 102 valence electrons. The lowest BCUT2D eigenvalue weighted by atomic mass is 10.1. The lowest BCUT2D eigenvalue weighted by Gasteiger charge is -2.09. The van der Waals surface area contributed by atoms with Crippen LogP contribution in [0.15, 0.2) is 48.5 Å². The zero-order valence-corrected chi connectivity index (χ0v) is 11.2. The van der Waals surface area contributed by atoms with Crippen molar-refractivity contribution >= 4 is 0 Å². The first-order valence-electron chi connectivity index (χ1n) is 6.43. The molecule has 0 atom stereocenters. The van der Waals surface area contributed by atoms with E-state index in [4.69, 9.17) is 15.6 Å². The van der Waals surface area contributed by atoms with Gasteiger partial charge in [0.1, 0.15) is 12.4 Å². The molecule has 2 aromatic rings. The zero-order chi connectivity index (χ0) is 14.2. The van der Waals surface area contributed by atoms with Gasteiger partial charge in [0.15, 0.2) is 0 Å². The molecule has 0 saturated heterocycles. The van der Waals surface area contributed by atoms with Crippen LogP contribution in [0.5, 0.6) is 5.75 Å². The van der Waals surface area contributed by atoms with Crippen LogP contribution in [-0.2, 0) is 13.2 Å². The smallest absolute Gasteiger partial charge is 0.120 e. The Kier molecular flexibility index (Phi) is 5.19. The molecule has 0 unspecified atom stereocenters. The van der Waals surface area contributed by atoms with Gasteiger partial charge < -0.3 is 15.6 Å². The van der Waals surface area contributed by atoms with E-state index in [0.717, 1.165) is 22.4 Å². The number of hydrogen-bond donors (Lipinski definition) is 2. The van der Waals surface area contributed by atoms with E-state index in [-0.39, 0.29) is 6.61 Å². The van der Waals surface area contributed by atoms with Crippen LogP contribution in [0.25, 0.3) is 0 Å². The summed E-state index contributed by atoms with van der Waals surface area (Å²) in [6.45, 7) is 0.786. The first-order chi connectivity index (χ1) is 9.83. The van der Waals surface area contributed by atoms with E-state index in [1.165, 1.54) is 0 Å². The predicted molar refractivity (Wildman–Crippen MR) is 79.1 cm³/mol. The molecule has 0 radical (unpaired) electrons. The van der Waals surface area contributed by atoms with Crippen molar-refractivity contribution in [3.05, 3.63) is 65.2 Å². The molecule has 0 spiro atoms. The van der Waals surface area contributed by atoms with Crippen molar-refractivity contribution in [1.29, 1.82) is 0 Å². The Hall–Kier alpha value is -2.28. The Morgan fingerprint density at radius 1 is 1.10 bits per heavy atom. The summed E-state index contributed by atoms with van der Waals surface area (Å²) in [6, 6.07) is 15.2. The highest BCUT2D eigenvalue weighted by atomic mass is 16.5. The zero-order valence-electron chi connectivity index (χ0n) is 11.2. The molecule has 0 heterocycles. The number of hydrogen-bond acceptors (Lipinski definition) is 3. The molecule has 3 heteroatoms. The first-order valence-corrected chi connectivity index (χ1v) is 6.43. The van der Waals surface area contributed by atoms with Crippen molar-refractivity contribution < 1.29 is 9.84 Å². The molecule has 0 aliphatic carbocycles. The van der Waals surface area contributed by atoms with Crippen LogP contribution < -0.4 is 10.5 Å². The van der Waals surface area contributed by atoms with Gasteiger partial charge in [0.2, 0.25) is 0 Å². The van der Waals surface area contributed by atoms with Gasteiger partial charge in [-0.3, -0.25) is 0 Å². The number of aliphatic hydroxyl groups excluding tert-OH is 1. The summed E-state index contributed by atoms with van der Waals surface area (Å²) in [5, 5.41) is 9.10. The minimum atomic E-state index is 0.00969. The Morgan fingerprint density at radius 2 is 1.95 bits per heavy atom. The molecule has 0 saturated carbocycles. The maximum atomic E-state index is 9.10. The summed E-state index contributed by atoms with van der Waals surface area (Å²) < 4.78 is 5.75. The molecule has 2 rings (SSSR count). The van der Waals surface area contributed by atoms with Crippen molar-refractivity contribution in [1.82, 2.24) is 0 Å². The largest absolute Gasteiger partial charge is 0.489 e. The quantitative estimate of drug-likeness (QED) is 0.834. The second-order valence-electron chi connectivity index (χ2n) is 4.26. The van der Waals surface area contributed by atoms with E-state index in [0.29, 0.717) is 13.2 Å². The molecular weight excluding hydrogens is 250 g/mol. The van der Waals surface area contributed by atoms with E-state index < -0.39 is 0 Å². The summed E-state index contributed by atoms with van der Waals surface area (Å²) in [6.07, 6.45) is 0. The Balaban J connectivity index is 2.10. The fourth-order valence-electron chi connectivity index (χ4n) is 1.81. The SMILES string of the molecule is NCC#Cc1ccccc1COc1cccc(CO)c1. The molecule has 20 heavy (non-hydrogen) atoms. The van der Waals surface area contributed by atoms with Crippen LogP contribution in [-0.4, -0.2) is 11.7 Å². The monoisotopic (exact) mass is 267 g/mol. The predicted octanol–water partition coefficient (Wildman–Crippen LogP) is 2.07. The fourth-order valence-corrected chi connectivity index (χ4v) is 1.81. The maximum absolute atomic E-state index is 9.10. The molecule has 3 N–H and O–H groups in total. The molecule has 0 aromatic heterocycles. The van der Waals surface area contributed by atoms with Gasteiger partial charge in [-0.25, -0.2) is 0 Å². The van der Waals surface area contributed by atoms with Gasteiger partial charge in [-0.15, -0.1) is 0 Å². The second kappa shape index (κ2) is 7.34. The van der Waals surface area contributed by atoms with Crippen molar-refractivity contribution in [3.63, 3.8) is 0 Å². The van der Waals surface area contributed by atoms with E-state index in [1.54, 1.807) is 0 Å². The number of rotatable bonds is 4. The van der Waals surface area contributed by atoms with Crippen molar-refractivity contribution in [2.45, 2.75) is 13.2 Å². The van der Waals surface area contributed by atoms with Crippen LogP contribution >= 0.6 is 0 Å². The lowest BCUT2D eigenvalue weighted by molar-refractivity contribution is 0.278. The molecule has 0 aliphatic heterocycles. The molecule has 2 aromatic carbocycles. The van der Waals surface area contributed by atoms with Gasteiger partial charge in [0.25, 0.3) is 0 Å². The van der Waals surface area contributed by atoms with E-state index in [2.05, 4.69) is 11.8 Å². The van der Waals surface area contributed by atoms with Gasteiger partial charge in [-0.2, -0.15) is 0 Å². The van der Waals surface area contributed by atoms with Gasteiger partial charge in [-0.1, -0.05) is 42.2 Å². The molecule has 0 amide bonds. The van der Waals surface area contributed by atoms with Gasteiger partial charge in [-0.05, 0) is 23.8 Å². The van der Waals surface area contributed by atoms with E-state index in [9.17, 15) is 0 Å². The lowest BCUT2D eigenvalue weighted by Crippen LogP contribution is -1.99. The van der Waals surface area contributed by atoms with Crippen LogP contribution in [0.2, 0.25) is 0 Å². The number of ether oxygens (including phenoxy) is 1. The summed E-state index contributed by atoms with van der Waals surface area (Å²) in [5.74, 6) is 6.62. The summed E-state index contributed by atoms with van der Waals surface area (Å²) in [7, 11) is 0. The van der Waals surface area contributed by atoms with E-state index >= 15 is 0 Å². The number of aliphatic hydroxyl groups is 1. The van der Waals surface area contributed by atoms with Crippen LogP contribution in [0, 0.1) is 11.8 Å². The van der Waals surface area contributed by atoms with E-state index in [1.807, 2.05) is 48.5 Å². The average Bonchev–Trinajstić information content (AvgIpc) is 2.52. The third kappa shape index (κ3) is 3.86. The van der Waals surface area contributed by atoms with Crippen LogP contribution in [0.3, 0.4) is 0 Å².